The van der Waals surface area contributed by atoms with E-state index in [2.05, 4.69) is 0 Å². The second-order valence-corrected chi connectivity index (χ2v) is 6.87. The Hall–Kier alpha value is -2.12. The van der Waals surface area contributed by atoms with E-state index in [0.717, 1.165) is 24.8 Å². The summed E-state index contributed by atoms with van der Waals surface area (Å²) in [6.45, 7) is 4.83. The Morgan fingerprint density at radius 3 is 2.72 bits per heavy atom. The van der Waals surface area contributed by atoms with Crippen LogP contribution in [0.15, 0.2) is 18.2 Å². The normalized spacial score (nSPS) is 19.8. The van der Waals surface area contributed by atoms with Gasteiger partial charge in [0.25, 0.3) is 5.91 Å². The van der Waals surface area contributed by atoms with Crippen LogP contribution in [0.4, 0.5) is 0 Å². The maximum Gasteiger partial charge on any atom is 0.274 e. The fourth-order valence-corrected chi connectivity index (χ4v) is 3.34. The minimum atomic E-state index is -0.587. The first-order valence-electron chi connectivity index (χ1n) is 8.61. The maximum atomic E-state index is 13.1. The van der Waals surface area contributed by atoms with Crippen molar-refractivity contribution < 1.29 is 24.3 Å². The van der Waals surface area contributed by atoms with E-state index in [1.807, 2.05) is 11.8 Å². The van der Waals surface area contributed by atoms with Gasteiger partial charge >= 0.3 is 0 Å². The van der Waals surface area contributed by atoms with Crippen molar-refractivity contribution in [2.75, 3.05) is 26.4 Å². The summed E-state index contributed by atoms with van der Waals surface area (Å²) < 4.78 is 11.1. The first kappa shape index (κ1) is 17.7. The lowest BCUT2D eigenvalue weighted by Crippen LogP contribution is -2.46. The van der Waals surface area contributed by atoms with Gasteiger partial charge in [-0.05, 0) is 31.4 Å². The zero-order valence-corrected chi connectivity index (χ0v) is 14.4. The van der Waals surface area contributed by atoms with Gasteiger partial charge in [-0.2, -0.15) is 0 Å². The van der Waals surface area contributed by atoms with Crippen molar-refractivity contribution >= 4 is 11.8 Å². The lowest BCUT2D eigenvalue weighted by atomic mass is 9.81. The van der Waals surface area contributed by atoms with Gasteiger partial charge in [0.2, 0.25) is 5.91 Å². The fourth-order valence-electron chi connectivity index (χ4n) is 3.34. The molecule has 1 aromatic rings. The molecular weight excluding hydrogens is 324 g/mol. The van der Waals surface area contributed by atoms with Gasteiger partial charge in [0.15, 0.2) is 0 Å². The number of hydroxylamine groups is 1. The van der Waals surface area contributed by atoms with Crippen molar-refractivity contribution in [1.82, 2.24) is 10.4 Å². The van der Waals surface area contributed by atoms with E-state index in [4.69, 9.17) is 14.7 Å². The number of carbonyl (C=O) groups is 2. The number of carbonyl (C=O) groups excluding carboxylic acids is 2. The largest absolute Gasteiger partial charge is 0.493 e. The summed E-state index contributed by atoms with van der Waals surface area (Å²) in [5.74, 6) is 0.146. The molecule has 1 fully saturated rings. The molecule has 0 spiro atoms. The van der Waals surface area contributed by atoms with E-state index >= 15 is 0 Å². The Morgan fingerprint density at radius 1 is 1.24 bits per heavy atom. The van der Waals surface area contributed by atoms with Crippen LogP contribution in [-0.4, -0.2) is 48.3 Å². The molecule has 1 saturated heterocycles. The first-order chi connectivity index (χ1) is 12.0. The number of fused-ring (bicyclic) bond motifs is 1. The third-order valence-electron chi connectivity index (χ3n) is 5.02. The van der Waals surface area contributed by atoms with Gasteiger partial charge in [-0.15, -0.1) is 0 Å². The van der Waals surface area contributed by atoms with Crippen molar-refractivity contribution in [2.24, 2.45) is 5.41 Å². The molecule has 2 N–H and O–H groups in total. The van der Waals surface area contributed by atoms with Gasteiger partial charge in [0.1, 0.15) is 5.75 Å². The molecule has 0 radical (unpaired) electrons. The third kappa shape index (κ3) is 3.77. The van der Waals surface area contributed by atoms with E-state index in [0.29, 0.717) is 44.2 Å². The molecule has 7 heteroatoms. The van der Waals surface area contributed by atoms with Crippen LogP contribution in [0.25, 0.3) is 0 Å². The minimum absolute atomic E-state index is 0.154. The maximum absolute atomic E-state index is 13.1. The van der Waals surface area contributed by atoms with Crippen LogP contribution in [0.2, 0.25) is 0 Å². The van der Waals surface area contributed by atoms with Crippen LogP contribution in [0, 0.1) is 5.41 Å². The Balaban J connectivity index is 1.82. The molecule has 7 nitrogen and oxygen atoms in total. The SMILES string of the molecule is CC1(C(=O)N2CCCOc3cc(C(=O)NO)ccc3C2)CCOCC1. The van der Waals surface area contributed by atoms with Crippen LogP contribution in [0.1, 0.15) is 42.1 Å². The zero-order chi connectivity index (χ0) is 17.9. The molecule has 0 atom stereocenters. The van der Waals surface area contributed by atoms with Crippen molar-refractivity contribution in [1.29, 1.82) is 0 Å². The molecule has 136 valence electrons. The molecule has 1 aromatic carbocycles. The number of nitrogens with zero attached hydrogens (tertiary/aromatic N) is 1. The second kappa shape index (κ2) is 7.41. The minimum Gasteiger partial charge on any atom is -0.493 e. The van der Waals surface area contributed by atoms with E-state index in [-0.39, 0.29) is 11.3 Å². The molecule has 0 saturated carbocycles. The molecular formula is C18H24N2O5. The van der Waals surface area contributed by atoms with Gasteiger partial charge in [0.05, 0.1) is 12.0 Å². The summed E-state index contributed by atoms with van der Waals surface area (Å²) in [6.07, 6.45) is 2.21. The Bertz CT molecular complexity index is 655. The molecule has 3 rings (SSSR count). The van der Waals surface area contributed by atoms with Crippen molar-refractivity contribution in [2.45, 2.75) is 32.7 Å². The number of hydrogen-bond acceptors (Lipinski definition) is 5. The molecule has 2 aliphatic rings. The van der Waals surface area contributed by atoms with Crippen LogP contribution in [-0.2, 0) is 16.1 Å². The summed E-state index contributed by atoms with van der Waals surface area (Å²) in [6, 6.07) is 5.00. The summed E-state index contributed by atoms with van der Waals surface area (Å²) in [5.41, 5.74) is 2.42. The van der Waals surface area contributed by atoms with Gasteiger partial charge in [-0.3, -0.25) is 14.8 Å². The van der Waals surface area contributed by atoms with Gasteiger partial charge in [0, 0.05) is 37.4 Å². The highest BCUT2D eigenvalue weighted by atomic mass is 16.5. The molecule has 2 amide bonds. The third-order valence-corrected chi connectivity index (χ3v) is 5.02. The summed E-state index contributed by atoms with van der Waals surface area (Å²) in [7, 11) is 0. The predicted octanol–water partition coefficient (Wildman–Crippen LogP) is 1.73. The van der Waals surface area contributed by atoms with Crippen LogP contribution < -0.4 is 10.2 Å². The molecule has 0 aliphatic carbocycles. The van der Waals surface area contributed by atoms with Crippen molar-refractivity contribution in [3.8, 4) is 5.75 Å². The standard InChI is InChI=1S/C18H24N2O5/c1-18(5-9-24-10-6-18)17(22)20-7-2-8-25-15-11-13(16(21)19-23)3-4-14(15)12-20/h3-4,11,23H,2,5-10,12H2,1H3,(H,19,21). The second-order valence-electron chi connectivity index (χ2n) is 6.87. The monoisotopic (exact) mass is 348 g/mol. The smallest absolute Gasteiger partial charge is 0.274 e. The van der Waals surface area contributed by atoms with Gasteiger partial charge < -0.3 is 14.4 Å². The first-order valence-corrected chi connectivity index (χ1v) is 8.61. The van der Waals surface area contributed by atoms with Crippen LogP contribution >= 0.6 is 0 Å². The van der Waals surface area contributed by atoms with E-state index < -0.39 is 5.91 Å². The van der Waals surface area contributed by atoms with Gasteiger partial charge in [-0.25, -0.2) is 5.48 Å². The molecule has 0 bridgehead atoms. The number of ether oxygens (including phenoxy) is 2. The Morgan fingerprint density at radius 2 is 2.00 bits per heavy atom. The zero-order valence-electron chi connectivity index (χ0n) is 14.4. The highest BCUT2D eigenvalue weighted by Gasteiger charge is 2.38. The highest BCUT2D eigenvalue weighted by molar-refractivity contribution is 5.93. The topological polar surface area (TPSA) is 88.1 Å². The Kier molecular flexibility index (Phi) is 5.24. The lowest BCUT2D eigenvalue weighted by Gasteiger charge is -2.38. The number of amides is 2. The molecule has 25 heavy (non-hydrogen) atoms. The predicted molar refractivity (Wildman–Crippen MR) is 89.4 cm³/mol. The average molecular weight is 348 g/mol. The molecule has 0 unspecified atom stereocenters. The number of rotatable bonds is 2. The number of benzene rings is 1. The van der Waals surface area contributed by atoms with Crippen molar-refractivity contribution in [3.05, 3.63) is 29.3 Å². The van der Waals surface area contributed by atoms with E-state index in [1.54, 1.807) is 23.7 Å². The van der Waals surface area contributed by atoms with E-state index in [9.17, 15) is 9.59 Å². The fraction of sp³-hybridized carbons (Fsp3) is 0.556. The number of hydrogen-bond donors (Lipinski definition) is 2. The average Bonchev–Trinajstić information content (AvgIpc) is 2.61. The van der Waals surface area contributed by atoms with Crippen LogP contribution in [0.3, 0.4) is 0 Å². The van der Waals surface area contributed by atoms with Gasteiger partial charge in [-0.1, -0.05) is 13.0 Å². The molecule has 0 aromatic heterocycles. The summed E-state index contributed by atoms with van der Waals surface area (Å²) in [4.78, 5) is 26.6. The molecule has 2 aliphatic heterocycles. The summed E-state index contributed by atoms with van der Waals surface area (Å²) in [5, 5.41) is 8.78. The number of nitrogens with one attached hydrogen (secondary N) is 1. The quantitative estimate of drug-likeness (QED) is 0.628. The summed E-state index contributed by atoms with van der Waals surface area (Å²) >= 11 is 0. The Labute approximate surface area is 146 Å². The van der Waals surface area contributed by atoms with Crippen molar-refractivity contribution in [3.63, 3.8) is 0 Å². The molecule has 2 heterocycles. The highest BCUT2D eigenvalue weighted by Crippen LogP contribution is 2.34. The van der Waals surface area contributed by atoms with Crippen LogP contribution in [0.5, 0.6) is 5.75 Å². The lowest BCUT2D eigenvalue weighted by molar-refractivity contribution is -0.147. The van der Waals surface area contributed by atoms with E-state index in [1.165, 1.54) is 0 Å².